The first-order valence-corrected chi connectivity index (χ1v) is 5.18. The predicted molar refractivity (Wildman–Crippen MR) is 52.1 cm³/mol. The highest BCUT2D eigenvalue weighted by molar-refractivity contribution is 9.09. The molecule has 0 bridgehead atoms. The Hall–Kier alpha value is -0.110. The minimum atomic E-state index is 0.154. The van der Waals surface area contributed by atoms with Gasteiger partial charge < -0.3 is 0 Å². The zero-order valence-corrected chi connectivity index (χ0v) is 8.56. The normalized spacial score (nSPS) is 10.7. The van der Waals surface area contributed by atoms with Crippen molar-refractivity contribution in [3.05, 3.63) is 12.2 Å². The quantitative estimate of drug-likeness (QED) is 0.381. The summed E-state index contributed by atoms with van der Waals surface area (Å²) in [7, 11) is 0. The highest BCUT2D eigenvalue weighted by atomic mass is 79.9. The highest BCUT2D eigenvalue weighted by Crippen LogP contribution is 1.99. The number of allylic oxidation sites excluding steroid dienone is 2. The van der Waals surface area contributed by atoms with E-state index in [-0.39, 0.29) is 5.78 Å². The summed E-state index contributed by atoms with van der Waals surface area (Å²) < 4.78 is 0. The lowest BCUT2D eigenvalue weighted by Crippen LogP contribution is -1.91. The molecule has 11 heavy (non-hydrogen) atoms. The van der Waals surface area contributed by atoms with Crippen LogP contribution in [0.2, 0.25) is 0 Å². The van der Waals surface area contributed by atoms with Crippen molar-refractivity contribution in [1.29, 1.82) is 0 Å². The first-order valence-electron chi connectivity index (χ1n) is 4.06. The van der Waals surface area contributed by atoms with Crippen LogP contribution in [-0.4, -0.2) is 11.1 Å². The van der Waals surface area contributed by atoms with Crippen molar-refractivity contribution < 1.29 is 4.79 Å². The molecule has 0 amide bonds. The fourth-order valence-corrected chi connectivity index (χ4v) is 0.958. The smallest absolute Gasteiger partial charge is 0.165 e. The van der Waals surface area contributed by atoms with E-state index in [1.165, 1.54) is 19.3 Å². The molecule has 0 fully saturated rings. The molecule has 0 saturated carbocycles. The van der Waals surface area contributed by atoms with Crippen molar-refractivity contribution in [3.63, 3.8) is 0 Å². The standard InChI is InChI=1S/C9H15BrO/c1-2-3-4-5-6-7-9(11)8-10/h6-7H,2-5,8H2,1H3/b7-6+. The van der Waals surface area contributed by atoms with Gasteiger partial charge in [-0.05, 0) is 18.9 Å². The van der Waals surface area contributed by atoms with Crippen LogP contribution in [0.1, 0.15) is 32.6 Å². The summed E-state index contributed by atoms with van der Waals surface area (Å²) >= 11 is 3.10. The van der Waals surface area contributed by atoms with Crippen molar-refractivity contribution in [2.75, 3.05) is 5.33 Å². The van der Waals surface area contributed by atoms with E-state index in [4.69, 9.17) is 0 Å². The second-order valence-electron chi connectivity index (χ2n) is 2.50. The van der Waals surface area contributed by atoms with Crippen molar-refractivity contribution in [2.45, 2.75) is 32.6 Å². The maximum absolute atomic E-state index is 10.7. The maximum Gasteiger partial charge on any atom is 0.165 e. The van der Waals surface area contributed by atoms with Crippen LogP contribution in [0.3, 0.4) is 0 Å². The van der Waals surface area contributed by atoms with Crippen LogP contribution in [0.5, 0.6) is 0 Å². The van der Waals surface area contributed by atoms with E-state index in [9.17, 15) is 4.79 Å². The Labute approximate surface area is 77.0 Å². The lowest BCUT2D eigenvalue weighted by atomic mass is 10.2. The van der Waals surface area contributed by atoms with E-state index in [0.29, 0.717) is 5.33 Å². The Balaban J connectivity index is 3.22. The average Bonchev–Trinajstić information content (AvgIpc) is 2.04. The minimum absolute atomic E-state index is 0.154. The predicted octanol–water partition coefficient (Wildman–Crippen LogP) is 3.09. The highest BCUT2D eigenvalue weighted by Gasteiger charge is 1.89. The fourth-order valence-electron chi connectivity index (χ4n) is 0.772. The van der Waals surface area contributed by atoms with Gasteiger partial charge in [-0.1, -0.05) is 41.8 Å². The molecule has 0 unspecified atom stereocenters. The van der Waals surface area contributed by atoms with Gasteiger partial charge in [-0.15, -0.1) is 0 Å². The van der Waals surface area contributed by atoms with E-state index in [1.807, 2.05) is 6.08 Å². The molecule has 64 valence electrons. The van der Waals surface area contributed by atoms with Crippen LogP contribution in [-0.2, 0) is 4.79 Å². The average molecular weight is 219 g/mol. The molecule has 2 heteroatoms. The number of hydrogen-bond donors (Lipinski definition) is 0. The molecule has 0 heterocycles. The number of carbonyl (C=O) groups is 1. The maximum atomic E-state index is 10.7. The summed E-state index contributed by atoms with van der Waals surface area (Å²) in [5, 5.41) is 0.442. The number of hydrogen-bond acceptors (Lipinski definition) is 1. The summed E-state index contributed by atoms with van der Waals surface area (Å²) in [6.07, 6.45) is 8.34. The summed E-state index contributed by atoms with van der Waals surface area (Å²) in [6.45, 7) is 2.17. The molecular weight excluding hydrogens is 204 g/mol. The van der Waals surface area contributed by atoms with Crippen molar-refractivity contribution in [1.82, 2.24) is 0 Å². The van der Waals surface area contributed by atoms with Crippen molar-refractivity contribution in [3.8, 4) is 0 Å². The number of rotatable bonds is 6. The van der Waals surface area contributed by atoms with Gasteiger partial charge in [0.15, 0.2) is 5.78 Å². The van der Waals surface area contributed by atoms with Gasteiger partial charge in [0.05, 0.1) is 5.33 Å². The Morgan fingerprint density at radius 1 is 1.45 bits per heavy atom. The molecule has 0 radical (unpaired) electrons. The van der Waals surface area contributed by atoms with Crippen LogP contribution in [0.25, 0.3) is 0 Å². The molecule has 0 aromatic carbocycles. The van der Waals surface area contributed by atoms with Crippen LogP contribution >= 0.6 is 15.9 Å². The second-order valence-corrected chi connectivity index (χ2v) is 3.06. The van der Waals surface area contributed by atoms with E-state index >= 15 is 0 Å². The Morgan fingerprint density at radius 2 is 2.18 bits per heavy atom. The van der Waals surface area contributed by atoms with E-state index in [2.05, 4.69) is 22.9 Å². The molecule has 0 aliphatic rings. The number of halogens is 1. The number of alkyl halides is 1. The van der Waals surface area contributed by atoms with Gasteiger partial charge in [0, 0.05) is 0 Å². The van der Waals surface area contributed by atoms with E-state index < -0.39 is 0 Å². The van der Waals surface area contributed by atoms with Crippen LogP contribution in [0.15, 0.2) is 12.2 Å². The molecule has 0 spiro atoms. The fraction of sp³-hybridized carbons (Fsp3) is 0.667. The van der Waals surface area contributed by atoms with E-state index in [0.717, 1.165) is 6.42 Å². The summed E-state index contributed by atoms with van der Waals surface area (Å²) in [5.41, 5.74) is 0. The summed E-state index contributed by atoms with van der Waals surface area (Å²) in [4.78, 5) is 10.7. The van der Waals surface area contributed by atoms with Gasteiger partial charge in [0.25, 0.3) is 0 Å². The van der Waals surface area contributed by atoms with Gasteiger partial charge in [0.2, 0.25) is 0 Å². The number of unbranched alkanes of at least 4 members (excludes halogenated alkanes) is 3. The minimum Gasteiger partial charge on any atom is -0.294 e. The third kappa shape index (κ3) is 7.79. The molecule has 0 aliphatic heterocycles. The molecule has 0 saturated heterocycles. The van der Waals surface area contributed by atoms with Gasteiger partial charge >= 0.3 is 0 Å². The zero-order chi connectivity index (χ0) is 8.53. The molecule has 0 atom stereocenters. The first kappa shape index (κ1) is 10.9. The van der Waals surface area contributed by atoms with E-state index in [1.54, 1.807) is 6.08 Å². The summed E-state index contributed by atoms with van der Waals surface area (Å²) in [6, 6.07) is 0. The van der Waals surface area contributed by atoms with Gasteiger partial charge in [-0.2, -0.15) is 0 Å². The zero-order valence-electron chi connectivity index (χ0n) is 6.98. The molecule has 0 aromatic rings. The Bertz CT molecular complexity index is 130. The van der Waals surface area contributed by atoms with Crippen molar-refractivity contribution in [2.24, 2.45) is 0 Å². The Morgan fingerprint density at radius 3 is 2.73 bits per heavy atom. The van der Waals surface area contributed by atoms with Crippen molar-refractivity contribution >= 4 is 21.7 Å². The summed E-state index contributed by atoms with van der Waals surface area (Å²) in [5.74, 6) is 0.154. The third-order valence-corrected chi connectivity index (χ3v) is 1.96. The molecule has 0 aliphatic carbocycles. The second kappa shape index (κ2) is 7.99. The lowest BCUT2D eigenvalue weighted by molar-refractivity contribution is -0.112. The molecule has 0 rings (SSSR count). The molecule has 0 N–H and O–H groups in total. The van der Waals surface area contributed by atoms with Crippen LogP contribution < -0.4 is 0 Å². The molecular formula is C9H15BrO. The largest absolute Gasteiger partial charge is 0.294 e. The van der Waals surface area contributed by atoms with Crippen LogP contribution in [0, 0.1) is 0 Å². The topological polar surface area (TPSA) is 17.1 Å². The molecule has 1 nitrogen and oxygen atoms in total. The van der Waals surface area contributed by atoms with Gasteiger partial charge in [-0.25, -0.2) is 0 Å². The molecule has 0 aromatic heterocycles. The van der Waals surface area contributed by atoms with Gasteiger partial charge in [-0.3, -0.25) is 4.79 Å². The number of carbonyl (C=O) groups excluding carboxylic acids is 1. The number of ketones is 1. The van der Waals surface area contributed by atoms with Gasteiger partial charge in [0.1, 0.15) is 0 Å². The monoisotopic (exact) mass is 218 g/mol. The van der Waals surface area contributed by atoms with Crippen LogP contribution in [0.4, 0.5) is 0 Å². The Kier molecular flexibility index (Phi) is 7.91. The SMILES string of the molecule is CCCCC/C=C/C(=O)CBr. The first-order chi connectivity index (χ1) is 5.31. The third-order valence-electron chi connectivity index (χ3n) is 1.41. The lowest BCUT2D eigenvalue weighted by Gasteiger charge is -1.90.